The number of aromatic nitrogens is 4. The normalized spacial score (nSPS) is 12.0. The Bertz CT molecular complexity index is 910. The predicted octanol–water partition coefficient (Wildman–Crippen LogP) is 1.72. The minimum absolute atomic E-state index is 0.0867. The van der Waals surface area contributed by atoms with Crippen LogP contribution < -0.4 is 10.9 Å². The second kappa shape index (κ2) is 5.58. The summed E-state index contributed by atoms with van der Waals surface area (Å²) in [6.45, 7) is 7.97. The van der Waals surface area contributed by atoms with Gasteiger partial charge < -0.3 is 4.52 Å². The quantitative estimate of drug-likeness (QED) is 0.789. The third-order valence-corrected chi connectivity index (χ3v) is 3.71. The van der Waals surface area contributed by atoms with E-state index in [9.17, 15) is 4.79 Å². The second-order valence-electron chi connectivity index (χ2n) is 6.07. The Balaban J connectivity index is 1.86. The lowest BCUT2D eigenvalue weighted by molar-refractivity contribution is 0.265. The SMILES string of the molecule is Cc1noc(C(C)(C)NCc2cc(=O)n3c(C)cccc3n2)n1. The fraction of sp³-hybridized carbons (Fsp3) is 0.375. The molecule has 3 aromatic heterocycles. The monoisotopic (exact) mass is 313 g/mol. The number of nitrogens with zero attached hydrogens (tertiary/aromatic N) is 4. The number of hydrogen-bond donors (Lipinski definition) is 1. The van der Waals surface area contributed by atoms with Crippen LogP contribution in [0.5, 0.6) is 0 Å². The van der Waals surface area contributed by atoms with E-state index in [4.69, 9.17) is 4.52 Å². The van der Waals surface area contributed by atoms with Crippen molar-refractivity contribution >= 4 is 5.65 Å². The Labute approximate surface area is 133 Å². The Morgan fingerprint density at radius 2 is 2.04 bits per heavy atom. The molecular weight excluding hydrogens is 294 g/mol. The second-order valence-corrected chi connectivity index (χ2v) is 6.07. The molecule has 0 fully saturated rings. The molecule has 0 radical (unpaired) electrons. The minimum atomic E-state index is -0.513. The van der Waals surface area contributed by atoms with Gasteiger partial charge in [0.15, 0.2) is 5.82 Å². The largest absolute Gasteiger partial charge is 0.337 e. The van der Waals surface area contributed by atoms with Crippen LogP contribution in [-0.2, 0) is 12.1 Å². The van der Waals surface area contributed by atoms with Crippen LogP contribution in [0.1, 0.15) is 37.0 Å². The number of pyridine rings is 1. The summed E-state index contributed by atoms with van der Waals surface area (Å²) in [5.74, 6) is 1.09. The number of fused-ring (bicyclic) bond motifs is 1. The van der Waals surface area contributed by atoms with Crippen LogP contribution in [0.15, 0.2) is 33.6 Å². The number of aryl methyl sites for hydroxylation is 2. The van der Waals surface area contributed by atoms with Crippen molar-refractivity contribution in [2.45, 2.75) is 39.8 Å². The maximum atomic E-state index is 12.3. The van der Waals surface area contributed by atoms with Crippen molar-refractivity contribution in [1.29, 1.82) is 0 Å². The molecular formula is C16H19N5O2. The summed E-state index contributed by atoms with van der Waals surface area (Å²) in [5, 5.41) is 7.11. The first-order valence-corrected chi connectivity index (χ1v) is 7.41. The molecule has 0 atom stereocenters. The van der Waals surface area contributed by atoms with E-state index < -0.39 is 5.54 Å². The van der Waals surface area contributed by atoms with Crippen molar-refractivity contribution in [1.82, 2.24) is 24.8 Å². The Hall–Kier alpha value is -2.54. The van der Waals surface area contributed by atoms with Crippen molar-refractivity contribution in [3.63, 3.8) is 0 Å². The molecule has 0 unspecified atom stereocenters. The van der Waals surface area contributed by atoms with E-state index in [-0.39, 0.29) is 5.56 Å². The van der Waals surface area contributed by atoms with Gasteiger partial charge in [-0.1, -0.05) is 11.2 Å². The van der Waals surface area contributed by atoms with Gasteiger partial charge in [-0.05, 0) is 39.8 Å². The highest BCUT2D eigenvalue weighted by atomic mass is 16.5. The summed E-state index contributed by atoms with van der Waals surface area (Å²) < 4.78 is 6.81. The van der Waals surface area contributed by atoms with Gasteiger partial charge >= 0.3 is 0 Å². The van der Waals surface area contributed by atoms with E-state index in [2.05, 4.69) is 20.4 Å². The van der Waals surface area contributed by atoms with Crippen LogP contribution in [0, 0.1) is 13.8 Å². The average molecular weight is 313 g/mol. The molecule has 0 aromatic carbocycles. The van der Waals surface area contributed by atoms with Crippen molar-refractivity contribution < 1.29 is 4.52 Å². The fourth-order valence-electron chi connectivity index (χ4n) is 2.39. The Morgan fingerprint density at radius 1 is 1.26 bits per heavy atom. The number of nitrogens with one attached hydrogen (secondary N) is 1. The summed E-state index contributed by atoms with van der Waals surface area (Å²) >= 11 is 0. The van der Waals surface area contributed by atoms with Crippen molar-refractivity contribution in [2.24, 2.45) is 0 Å². The first-order valence-electron chi connectivity index (χ1n) is 7.41. The van der Waals surface area contributed by atoms with Gasteiger partial charge in [0, 0.05) is 18.3 Å². The number of hydrogen-bond acceptors (Lipinski definition) is 6. The zero-order valence-electron chi connectivity index (χ0n) is 13.6. The van der Waals surface area contributed by atoms with Gasteiger partial charge in [-0.15, -0.1) is 0 Å². The third-order valence-electron chi connectivity index (χ3n) is 3.71. The van der Waals surface area contributed by atoms with Gasteiger partial charge in [0.25, 0.3) is 5.56 Å². The smallest absolute Gasteiger partial charge is 0.258 e. The topological polar surface area (TPSA) is 85.3 Å². The highest BCUT2D eigenvalue weighted by Gasteiger charge is 2.26. The summed E-state index contributed by atoms with van der Waals surface area (Å²) in [6.07, 6.45) is 0. The molecule has 120 valence electrons. The van der Waals surface area contributed by atoms with E-state index in [0.29, 0.717) is 29.6 Å². The summed E-state index contributed by atoms with van der Waals surface area (Å²) in [7, 11) is 0. The van der Waals surface area contributed by atoms with Crippen LogP contribution in [0.2, 0.25) is 0 Å². The van der Waals surface area contributed by atoms with Gasteiger partial charge in [0.05, 0.1) is 11.2 Å². The maximum Gasteiger partial charge on any atom is 0.258 e. The molecule has 0 saturated carbocycles. The average Bonchev–Trinajstić information content (AvgIpc) is 2.92. The fourth-order valence-corrected chi connectivity index (χ4v) is 2.39. The highest BCUT2D eigenvalue weighted by Crippen LogP contribution is 2.18. The molecule has 3 rings (SSSR count). The zero-order chi connectivity index (χ0) is 16.6. The summed E-state index contributed by atoms with van der Waals surface area (Å²) in [5.41, 5.74) is 1.57. The van der Waals surface area contributed by atoms with Gasteiger partial charge in [-0.25, -0.2) is 4.98 Å². The maximum absolute atomic E-state index is 12.3. The number of rotatable bonds is 4. The molecule has 0 aliphatic heterocycles. The van der Waals surface area contributed by atoms with Crippen LogP contribution in [0.4, 0.5) is 0 Å². The molecule has 0 aliphatic carbocycles. The first-order chi connectivity index (χ1) is 10.9. The van der Waals surface area contributed by atoms with E-state index in [0.717, 1.165) is 5.69 Å². The molecule has 3 heterocycles. The van der Waals surface area contributed by atoms with Crippen molar-refractivity contribution in [3.05, 3.63) is 57.7 Å². The molecule has 23 heavy (non-hydrogen) atoms. The Morgan fingerprint density at radius 3 is 2.74 bits per heavy atom. The van der Waals surface area contributed by atoms with E-state index in [1.54, 1.807) is 17.4 Å². The molecule has 0 saturated heterocycles. The predicted molar refractivity (Wildman–Crippen MR) is 85.1 cm³/mol. The molecule has 0 amide bonds. The lowest BCUT2D eigenvalue weighted by atomic mass is 10.1. The van der Waals surface area contributed by atoms with Crippen molar-refractivity contribution in [2.75, 3.05) is 0 Å². The minimum Gasteiger partial charge on any atom is -0.337 e. The van der Waals surface area contributed by atoms with E-state index in [1.807, 2.05) is 39.0 Å². The molecule has 0 aliphatic rings. The standard InChI is InChI=1S/C16H19N5O2/c1-10-6-5-7-13-19-12(8-14(22)21(10)13)9-17-16(3,4)15-18-11(2)20-23-15/h5-8,17H,9H2,1-4H3. The van der Waals surface area contributed by atoms with Gasteiger partial charge in [-0.2, -0.15) is 4.98 Å². The van der Waals surface area contributed by atoms with E-state index in [1.165, 1.54) is 0 Å². The highest BCUT2D eigenvalue weighted by molar-refractivity contribution is 5.40. The molecule has 7 heteroatoms. The third kappa shape index (κ3) is 3.00. The van der Waals surface area contributed by atoms with Crippen LogP contribution >= 0.6 is 0 Å². The molecule has 0 spiro atoms. The van der Waals surface area contributed by atoms with Gasteiger partial charge in [-0.3, -0.25) is 14.5 Å². The van der Waals surface area contributed by atoms with Crippen LogP contribution in [-0.4, -0.2) is 19.5 Å². The zero-order valence-corrected chi connectivity index (χ0v) is 13.6. The lowest BCUT2D eigenvalue weighted by Gasteiger charge is -2.21. The van der Waals surface area contributed by atoms with Crippen LogP contribution in [0.3, 0.4) is 0 Å². The van der Waals surface area contributed by atoms with Crippen molar-refractivity contribution in [3.8, 4) is 0 Å². The summed E-state index contributed by atoms with van der Waals surface area (Å²) in [6, 6.07) is 7.14. The molecule has 7 nitrogen and oxygen atoms in total. The van der Waals surface area contributed by atoms with Gasteiger partial charge in [0.2, 0.25) is 5.89 Å². The first kappa shape index (κ1) is 15.4. The van der Waals surface area contributed by atoms with Gasteiger partial charge in [0.1, 0.15) is 5.65 Å². The van der Waals surface area contributed by atoms with Crippen LogP contribution in [0.25, 0.3) is 5.65 Å². The lowest BCUT2D eigenvalue weighted by Crippen LogP contribution is -2.37. The molecule has 0 bridgehead atoms. The molecule has 3 aromatic rings. The Kier molecular flexibility index (Phi) is 3.73. The summed E-state index contributed by atoms with van der Waals surface area (Å²) in [4.78, 5) is 21.1. The van der Waals surface area contributed by atoms with E-state index >= 15 is 0 Å². The molecule has 1 N–H and O–H groups in total.